The standard InChI is InChI=1S/C66H40N2OS2/c1-6-23-55-50(16-1)51-17-2-7-24-56(51)68(55)46-15-11-14-43(40-46)49-38-39-57(65-52-18-3-8-25-58(52)69-66(49)65)67(44-34-30-41(31-35-44)47-21-12-28-61-63(47)53-19-4-9-26-59(53)70-61)45-36-32-42(33-37-45)48-22-13-29-62-64(48)54-20-5-10-27-60(54)71-62/h1-40H. The first-order chi connectivity index (χ1) is 35.2. The molecule has 0 bridgehead atoms. The van der Waals surface area contributed by atoms with Crippen molar-refractivity contribution in [2.75, 3.05) is 4.90 Å². The fourth-order valence-corrected chi connectivity index (χ4v) is 13.5. The number of thiophene rings is 2. The molecule has 0 aliphatic carbocycles. The highest BCUT2D eigenvalue weighted by molar-refractivity contribution is 7.26. The van der Waals surface area contributed by atoms with Crippen molar-refractivity contribution in [1.29, 1.82) is 0 Å². The summed E-state index contributed by atoms with van der Waals surface area (Å²) >= 11 is 3.72. The molecule has 5 heteroatoms. The third-order valence-corrected chi connectivity index (χ3v) is 16.7. The number of rotatable bonds is 7. The smallest absolute Gasteiger partial charge is 0.145 e. The number of para-hydroxylation sites is 3. The van der Waals surface area contributed by atoms with Crippen LogP contribution in [0.4, 0.5) is 17.1 Å². The van der Waals surface area contributed by atoms with Gasteiger partial charge in [0.1, 0.15) is 11.2 Å². The molecule has 332 valence electrons. The van der Waals surface area contributed by atoms with Gasteiger partial charge in [0.25, 0.3) is 0 Å². The van der Waals surface area contributed by atoms with Crippen molar-refractivity contribution >= 4 is 124 Å². The Bertz CT molecular complexity index is 4380. The Morgan fingerprint density at radius 2 is 0.831 bits per heavy atom. The van der Waals surface area contributed by atoms with Gasteiger partial charge < -0.3 is 13.9 Å². The zero-order chi connectivity index (χ0) is 46.6. The van der Waals surface area contributed by atoms with E-state index in [1.54, 1.807) is 0 Å². The first-order valence-electron chi connectivity index (χ1n) is 24.1. The Morgan fingerprint density at radius 1 is 0.338 bits per heavy atom. The summed E-state index contributed by atoms with van der Waals surface area (Å²) in [4.78, 5) is 2.41. The minimum Gasteiger partial charge on any atom is -0.455 e. The van der Waals surface area contributed by atoms with Crippen LogP contribution in [0.5, 0.6) is 0 Å². The van der Waals surface area contributed by atoms with Crippen LogP contribution in [0.3, 0.4) is 0 Å². The molecule has 0 aliphatic heterocycles. The van der Waals surface area contributed by atoms with Gasteiger partial charge in [0.05, 0.1) is 22.1 Å². The molecule has 0 amide bonds. The molecule has 0 N–H and O–H groups in total. The zero-order valence-electron chi connectivity index (χ0n) is 38.2. The average Bonchev–Trinajstić information content (AvgIpc) is 4.21. The highest BCUT2D eigenvalue weighted by Crippen LogP contribution is 2.48. The molecule has 0 atom stereocenters. The van der Waals surface area contributed by atoms with E-state index in [4.69, 9.17) is 4.42 Å². The zero-order valence-corrected chi connectivity index (χ0v) is 39.8. The molecule has 15 rings (SSSR count). The van der Waals surface area contributed by atoms with Gasteiger partial charge in [0.15, 0.2) is 0 Å². The lowest BCUT2D eigenvalue weighted by molar-refractivity contribution is 0.670. The van der Waals surface area contributed by atoms with Crippen LogP contribution in [0, 0.1) is 0 Å². The van der Waals surface area contributed by atoms with Gasteiger partial charge in [-0.05, 0) is 119 Å². The van der Waals surface area contributed by atoms with Gasteiger partial charge in [0, 0.05) is 79.1 Å². The molecule has 0 saturated heterocycles. The molecule has 4 aromatic heterocycles. The van der Waals surface area contributed by atoms with E-state index in [2.05, 4.69) is 252 Å². The van der Waals surface area contributed by atoms with Gasteiger partial charge in [0.2, 0.25) is 0 Å². The Balaban J connectivity index is 0.919. The summed E-state index contributed by atoms with van der Waals surface area (Å²) in [5.41, 5.74) is 15.3. The van der Waals surface area contributed by atoms with Gasteiger partial charge >= 0.3 is 0 Å². The number of anilines is 3. The molecule has 0 aliphatic rings. The van der Waals surface area contributed by atoms with Crippen LogP contribution >= 0.6 is 22.7 Å². The Labute approximate surface area is 416 Å². The molecular weight excluding hydrogens is 901 g/mol. The second kappa shape index (κ2) is 15.9. The predicted octanol–water partition coefficient (Wildman–Crippen LogP) is 19.9. The quantitative estimate of drug-likeness (QED) is 0.159. The Morgan fingerprint density at radius 3 is 1.42 bits per heavy atom. The van der Waals surface area contributed by atoms with Crippen LogP contribution < -0.4 is 4.90 Å². The molecule has 0 spiro atoms. The monoisotopic (exact) mass is 940 g/mol. The van der Waals surface area contributed by atoms with Gasteiger partial charge in [-0.25, -0.2) is 0 Å². The maximum absolute atomic E-state index is 7.03. The molecule has 0 unspecified atom stereocenters. The SMILES string of the molecule is c1cc(-c2ccc(N(c3ccc(-c4cccc5sc6ccccc6c45)cc3)c3ccc(-c4cccc5sc6ccccc6c45)cc3)c3c2oc2ccccc23)cc(-n2c3ccccc3c3ccccc32)c1. The maximum Gasteiger partial charge on any atom is 0.145 e. The summed E-state index contributed by atoms with van der Waals surface area (Å²) in [6.45, 7) is 0. The van der Waals surface area contributed by atoms with Crippen molar-refractivity contribution in [3.05, 3.63) is 243 Å². The second-order valence-corrected chi connectivity index (χ2v) is 20.5. The lowest BCUT2D eigenvalue weighted by atomic mass is 9.97. The maximum atomic E-state index is 7.03. The van der Waals surface area contributed by atoms with E-state index in [0.717, 1.165) is 55.8 Å². The topological polar surface area (TPSA) is 21.3 Å². The number of aromatic nitrogens is 1. The summed E-state index contributed by atoms with van der Waals surface area (Å²) in [7, 11) is 0. The minimum absolute atomic E-state index is 0.854. The molecule has 0 radical (unpaired) electrons. The minimum atomic E-state index is 0.854. The normalized spacial score (nSPS) is 11.9. The van der Waals surface area contributed by atoms with Gasteiger partial charge in [-0.2, -0.15) is 0 Å². The van der Waals surface area contributed by atoms with E-state index in [9.17, 15) is 0 Å². The Kier molecular flexibility index (Phi) is 9.00. The third kappa shape index (κ3) is 6.27. The summed E-state index contributed by atoms with van der Waals surface area (Å²) in [6, 6.07) is 88.5. The van der Waals surface area contributed by atoms with Crippen molar-refractivity contribution in [2.45, 2.75) is 0 Å². The molecular formula is C66H40N2OS2. The third-order valence-electron chi connectivity index (χ3n) is 14.4. The lowest BCUT2D eigenvalue weighted by Crippen LogP contribution is -2.10. The van der Waals surface area contributed by atoms with Crippen LogP contribution in [0.1, 0.15) is 0 Å². The van der Waals surface area contributed by atoms with Crippen molar-refractivity contribution in [2.24, 2.45) is 0 Å². The average molecular weight is 941 g/mol. The van der Waals surface area contributed by atoms with E-state index < -0.39 is 0 Å². The van der Waals surface area contributed by atoms with Crippen LogP contribution in [-0.2, 0) is 0 Å². The van der Waals surface area contributed by atoms with Crippen molar-refractivity contribution in [1.82, 2.24) is 4.57 Å². The summed E-state index contributed by atoms with van der Waals surface area (Å²) in [6.07, 6.45) is 0. The number of benzene rings is 11. The summed E-state index contributed by atoms with van der Waals surface area (Å²) < 4.78 is 14.6. The number of fused-ring (bicyclic) bond motifs is 12. The number of hydrogen-bond acceptors (Lipinski definition) is 4. The predicted molar refractivity (Wildman–Crippen MR) is 305 cm³/mol. The van der Waals surface area contributed by atoms with Crippen molar-refractivity contribution in [3.8, 4) is 39.1 Å². The summed E-state index contributed by atoms with van der Waals surface area (Å²) in [5.74, 6) is 0. The molecule has 3 nitrogen and oxygen atoms in total. The fourth-order valence-electron chi connectivity index (χ4n) is 11.3. The second-order valence-electron chi connectivity index (χ2n) is 18.3. The van der Waals surface area contributed by atoms with E-state index >= 15 is 0 Å². The van der Waals surface area contributed by atoms with Crippen LogP contribution in [0.25, 0.3) is 123 Å². The fraction of sp³-hybridized carbons (Fsp3) is 0. The van der Waals surface area contributed by atoms with Crippen LogP contribution in [0.15, 0.2) is 247 Å². The Hall–Kier alpha value is -8.74. The first-order valence-corrected chi connectivity index (χ1v) is 25.7. The van der Waals surface area contributed by atoms with E-state index in [1.807, 2.05) is 22.7 Å². The number of furan rings is 1. The van der Waals surface area contributed by atoms with E-state index in [1.165, 1.54) is 84.4 Å². The molecule has 0 saturated carbocycles. The molecule has 71 heavy (non-hydrogen) atoms. The van der Waals surface area contributed by atoms with Crippen molar-refractivity contribution < 1.29 is 4.42 Å². The first kappa shape index (κ1) is 40.2. The molecule has 11 aromatic carbocycles. The van der Waals surface area contributed by atoms with E-state index in [-0.39, 0.29) is 0 Å². The molecule has 4 heterocycles. The van der Waals surface area contributed by atoms with Gasteiger partial charge in [-0.15, -0.1) is 22.7 Å². The van der Waals surface area contributed by atoms with Crippen LogP contribution in [-0.4, -0.2) is 4.57 Å². The van der Waals surface area contributed by atoms with Crippen molar-refractivity contribution in [3.63, 3.8) is 0 Å². The van der Waals surface area contributed by atoms with Gasteiger partial charge in [-0.3, -0.25) is 0 Å². The van der Waals surface area contributed by atoms with Crippen LogP contribution in [0.2, 0.25) is 0 Å². The highest BCUT2D eigenvalue weighted by atomic mass is 32.1. The lowest BCUT2D eigenvalue weighted by Gasteiger charge is -2.27. The van der Waals surface area contributed by atoms with Gasteiger partial charge in [-0.1, -0.05) is 152 Å². The number of nitrogens with zero attached hydrogens (tertiary/aromatic N) is 2. The largest absolute Gasteiger partial charge is 0.455 e. The molecule has 15 aromatic rings. The van der Waals surface area contributed by atoms with E-state index in [0.29, 0.717) is 0 Å². The molecule has 0 fully saturated rings. The number of hydrogen-bond donors (Lipinski definition) is 0. The highest BCUT2D eigenvalue weighted by Gasteiger charge is 2.24. The summed E-state index contributed by atoms with van der Waals surface area (Å²) in [5, 5.41) is 9.85.